The van der Waals surface area contributed by atoms with Crippen molar-refractivity contribution >= 4 is 28.9 Å². The van der Waals surface area contributed by atoms with E-state index in [9.17, 15) is 15.3 Å². The summed E-state index contributed by atoms with van der Waals surface area (Å²) < 4.78 is 9.32. The van der Waals surface area contributed by atoms with Gasteiger partial charge in [0, 0.05) is 12.3 Å². The molecule has 130 valence electrons. The number of hydrogen-bond acceptors (Lipinski definition) is 9. The molecule has 2 aliphatic heterocycles. The third kappa shape index (κ3) is 2.29. The molecule has 0 spiro atoms. The summed E-state index contributed by atoms with van der Waals surface area (Å²) in [6.07, 6.45) is 1.09. The number of imidazole rings is 1. The van der Waals surface area contributed by atoms with Gasteiger partial charge < -0.3 is 20.1 Å². The first kappa shape index (κ1) is 16.0. The van der Waals surface area contributed by atoms with Crippen molar-refractivity contribution in [2.75, 3.05) is 23.2 Å². The van der Waals surface area contributed by atoms with Gasteiger partial charge in [0.25, 0.3) is 0 Å². The molecule has 0 bridgehead atoms. The van der Waals surface area contributed by atoms with Crippen molar-refractivity contribution in [2.24, 2.45) is 0 Å². The molecule has 0 saturated carbocycles. The lowest BCUT2D eigenvalue weighted by molar-refractivity contribution is -0.0950. The van der Waals surface area contributed by atoms with E-state index < -0.39 is 24.0 Å². The van der Waals surface area contributed by atoms with Crippen LogP contribution in [0.5, 0.6) is 0 Å². The second-order valence-corrected chi connectivity index (χ2v) is 7.30. The van der Waals surface area contributed by atoms with Crippen LogP contribution in [-0.4, -0.2) is 71.6 Å². The Kier molecular flexibility index (Phi) is 3.88. The van der Waals surface area contributed by atoms with Crippen LogP contribution in [0.3, 0.4) is 0 Å². The highest BCUT2D eigenvalue weighted by Gasteiger charge is 2.53. The average molecular weight is 353 g/mol. The van der Waals surface area contributed by atoms with E-state index in [1.54, 1.807) is 16.5 Å². The minimum Gasteiger partial charge on any atom is -0.394 e. The van der Waals surface area contributed by atoms with Crippen LogP contribution in [0, 0.1) is 0 Å². The molecule has 4 rings (SSSR count). The smallest absolute Gasteiger partial charge is 0.170 e. The summed E-state index contributed by atoms with van der Waals surface area (Å²) in [4.78, 5) is 13.0. The number of anilines is 1. The summed E-state index contributed by atoms with van der Waals surface area (Å²) in [5.74, 6) is 1.77. The molecule has 2 saturated heterocycles. The molecule has 10 heteroatoms. The summed E-state index contributed by atoms with van der Waals surface area (Å²) >= 11 is 1.70. The fourth-order valence-corrected chi connectivity index (χ4v) is 4.19. The summed E-state index contributed by atoms with van der Waals surface area (Å²) in [5.41, 5.74) is -0.439. The molecule has 3 N–H and O–H groups in total. The van der Waals surface area contributed by atoms with Crippen molar-refractivity contribution in [1.29, 1.82) is 0 Å². The summed E-state index contributed by atoms with van der Waals surface area (Å²) in [7, 11) is 0. The molecule has 2 aliphatic rings. The van der Waals surface area contributed by atoms with E-state index in [1.165, 1.54) is 19.6 Å². The normalized spacial score (nSPS) is 33.7. The van der Waals surface area contributed by atoms with E-state index in [1.807, 2.05) is 0 Å². The first-order valence-corrected chi connectivity index (χ1v) is 8.73. The largest absolute Gasteiger partial charge is 0.394 e. The predicted molar refractivity (Wildman–Crippen MR) is 87.4 cm³/mol. The third-order valence-electron chi connectivity index (χ3n) is 4.52. The van der Waals surface area contributed by atoms with Crippen molar-refractivity contribution in [3.63, 3.8) is 0 Å². The standard InChI is InChI=1S/C14H19N5O4S/c1-14(22)10(21)8(5-20)23-13(14)18-7-17-9-11(18)15-6-16-12(9)19-3-2-4-24-19/h6-8,10,13,20-22H,2-5H2,1H3/t8-,10-,13-,14-/m1/s1. The molecule has 24 heavy (non-hydrogen) atoms. The van der Waals surface area contributed by atoms with E-state index >= 15 is 0 Å². The van der Waals surface area contributed by atoms with E-state index in [0.29, 0.717) is 11.2 Å². The Labute approximate surface area is 142 Å². The molecule has 0 aliphatic carbocycles. The predicted octanol–water partition coefficient (Wildman–Crippen LogP) is -0.314. The lowest BCUT2D eigenvalue weighted by atomic mass is 9.96. The number of nitrogens with zero attached hydrogens (tertiary/aromatic N) is 5. The van der Waals surface area contributed by atoms with Gasteiger partial charge in [-0.3, -0.25) is 8.87 Å². The number of aliphatic hydroxyl groups excluding tert-OH is 2. The van der Waals surface area contributed by atoms with Gasteiger partial charge in [-0.05, 0) is 25.3 Å². The molecule has 0 amide bonds. The second kappa shape index (κ2) is 5.81. The molecule has 0 unspecified atom stereocenters. The SMILES string of the molecule is C[C@@]1(O)[C@H](O)[C@@H](CO)O[C@H]1n1cnc2c(N3CCCS3)ncnc21. The zero-order valence-corrected chi connectivity index (χ0v) is 13.9. The monoisotopic (exact) mass is 353 g/mol. The highest BCUT2D eigenvalue weighted by atomic mass is 32.2. The minimum atomic E-state index is -1.57. The van der Waals surface area contributed by atoms with Gasteiger partial charge in [-0.25, -0.2) is 15.0 Å². The Hall–Kier alpha value is -1.46. The fourth-order valence-electron chi connectivity index (χ4n) is 3.20. The number of ether oxygens (including phenoxy) is 1. The van der Waals surface area contributed by atoms with Crippen LogP contribution in [0.4, 0.5) is 5.82 Å². The molecule has 4 heterocycles. The van der Waals surface area contributed by atoms with Gasteiger partial charge in [0.1, 0.15) is 24.1 Å². The molecule has 4 atom stereocenters. The Morgan fingerprint density at radius 1 is 1.42 bits per heavy atom. The number of aromatic nitrogens is 4. The highest BCUT2D eigenvalue weighted by molar-refractivity contribution is 8.00. The van der Waals surface area contributed by atoms with Crippen LogP contribution in [0.2, 0.25) is 0 Å². The Morgan fingerprint density at radius 3 is 2.92 bits per heavy atom. The molecule has 2 aromatic rings. The van der Waals surface area contributed by atoms with Crippen LogP contribution in [0.1, 0.15) is 19.6 Å². The molecule has 0 aromatic carbocycles. The lowest BCUT2D eigenvalue weighted by Gasteiger charge is -2.27. The molecule has 2 aromatic heterocycles. The molecule has 2 fully saturated rings. The van der Waals surface area contributed by atoms with E-state index in [0.717, 1.165) is 24.5 Å². The van der Waals surface area contributed by atoms with Crippen molar-refractivity contribution in [3.8, 4) is 0 Å². The quantitative estimate of drug-likeness (QED) is 0.639. The van der Waals surface area contributed by atoms with Crippen LogP contribution < -0.4 is 4.31 Å². The molecular formula is C14H19N5O4S. The maximum Gasteiger partial charge on any atom is 0.170 e. The summed E-state index contributed by atoms with van der Waals surface area (Å²) in [6.45, 7) is 1.99. The zero-order chi connectivity index (χ0) is 16.9. The van der Waals surface area contributed by atoms with Crippen molar-refractivity contribution in [3.05, 3.63) is 12.7 Å². The van der Waals surface area contributed by atoms with Crippen LogP contribution in [0.15, 0.2) is 12.7 Å². The highest BCUT2D eigenvalue weighted by Crippen LogP contribution is 2.40. The number of fused-ring (bicyclic) bond motifs is 1. The van der Waals surface area contributed by atoms with Gasteiger partial charge in [-0.2, -0.15) is 0 Å². The van der Waals surface area contributed by atoms with Crippen molar-refractivity contribution in [1.82, 2.24) is 19.5 Å². The van der Waals surface area contributed by atoms with Gasteiger partial charge in [0.2, 0.25) is 0 Å². The molecular weight excluding hydrogens is 334 g/mol. The minimum absolute atomic E-state index is 0.384. The summed E-state index contributed by atoms with van der Waals surface area (Å²) in [6, 6.07) is 0. The second-order valence-electron chi connectivity index (χ2n) is 6.19. The first-order valence-electron chi connectivity index (χ1n) is 7.78. The number of hydrogen-bond donors (Lipinski definition) is 3. The molecule has 0 radical (unpaired) electrons. The Bertz CT molecular complexity index is 748. The molecule has 9 nitrogen and oxygen atoms in total. The van der Waals surface area contributed by atoms with Crippen LogP contribution in [0.25, 0.3) is 11.2 Å². The van der Waals surface area contributed by atoms with Crippen molar-refractivity contribution < 1.29 is 20.1 Å². The van der Waals surface area contributed by atoms with E-state index in [2.05, 4.69) is 19.3 Å². The fraction of sp³-hybridized carbons (Fsp3) is 0.643. The first-order chi connectivity index (χ1) is 11.5. The number of aliphatic hydroxyl groups is 3. The van der Waals surface area contributed by atoms with Gasteiger partial charge in [-0.15, -0.1) is 0 Å². The van der Waals surface area contributed by atoms with Gasteiger partial charge in [-0.1, -0.05) is 0 Å². The zero-order valence-electron chi connectivity index (χ0n) is 13.1. The van der Waals surface area contributed by atoms with Crippen LogP contribution in [-0.2, 0) is 4.74 Å². The topological polar surface area (TPSA) is 117 Å². The van der Waals surface area contributed by atoms with E-state index in [4.69, 9.17) is 4.74 Å². The van der Waals surface area contributed by atoms with E-state index in [-0.39, 0.29) is 6.61 Å². The Balaban J connectivity index is 1.77. The van der Waals surface area contributed by atoms with Crippen molar-refractivity contribution in [2.45, 2.75) is 37.4 Å². The maximum absolute atomic E-state index is 10.6. The average Bonchev–Trinajstić information content (AvgIpc) is 3.28. The van der Waals surface area contributed by atoms with Gasteiger partial charge in [0.05, 0.1) is 12.9 Å². The van der Waals surface area contributed by atoms with Gasteiger partial charge >= 0.3 is 0 Å². The lowest BCUT2D eigenvalue weighted by Crippen LogP contribution is -2.44. The van der Waals surface area contributed by atoms with Crippen LogP contribution >= 0.6 is 11.9 Å². The maximum atomic E-state index is 10.6. The Morgan fingerprint density at radius 2 is 2.25 bits per heavy atom. The third-order valence-corrected chi connectivity index (χ3v) is 5.65. The number of rotatable bonds is 3. The summed E-state index contributed by atoms with van der Waals surface area (Å²) in [5, 5.41) is 30.1. The van der Waals surface area contributed by atoms with Gasteiger partial charge in [0.15, 0.2) is 23.2 Å².